The van der Waals surface area contributed by atoms with Crippen LogP contribution < -0.4 is 14.8 Å². The number of anilines is 2. The highest BCUT2D eigenvalue weighted by molar-refractivity contribution is 7.92. The van der Waals surface area contributed by atoms with E-state index in [0.29, 0.717) is 23.1 Å². The summed E-state index contributed by atoms with van der Waals surface area (Å²) in [7, 11) is -2.57. The summed E-state index contributed by atoms with van der Waals surface area (Å²) in [6.07, 6.45) is 0.0911. The van der Waals surface area contributed by atoms with Crippen molar-refractivity contribution < 1.29 is 22.7 Å². The molecule has 0 atom stereocenters. The quantitative estimate of drug-likeness (QED) is 0.424. The van der Waals surface area contributed by atoms with Gasteiger partial charge in [0.2, 0.25) is 0 Å². The van der Waals surface area contributed by atoms with Crippen LogP contribution in [0, 0.1) is 0 Å². The topological polar surface area (TPSA) is 93.7 Å². The van der Waals surface area contributed by atoms with Crippen LogP contribution in [-0.4, -0.2) is 27.5 Å². The molecule has 0 saturated heterocycles. The van der Waals surface area contributed by atoms with E-state index in [1.165, 1.54) is 31.4 Å². The minimum Gasteiger partial charge on any atom is -0.495 e. The van der Waals surface area contributed by atoms with Gasteiger partial charge in [-0.05, 0) is 67.9 Å². The molecule has 3 aromatic carbocycles. The van der Waals surface area contributed by atoms with E-state index >= 15 is 0 Å². The van der Waals surface area contributed by atoms with Gasteiger partial charge in [-0.1, -0.05) is 29.8 Å². The maximum atomic E-state index is 12.9. The molecule has 0 saturated carbocycles. The lowest BCUT2D eigenvalue weighted by molar-refractivity contribution is 0.0657. The van der Waals surface area contributed by atoms with E-state index in [0.717, 1.165) is 5.56 Å². The van der Waals surface area contributed by atoms with Crippen molar-refractivity contribution in [3.63, 3.8) is 0 Å². The monoisotopic (exact) mass is 488 g/mol. The largest absolute Gasteiger partial charge is 0.495 e. The first-order valence-corrected chi connectivity index (χ1v) is 12.0. The Morgan fingerprint density at radius 2 is 1.79 bits per heavy atom. The zero-order valence-corrected chi connectivity index (χ0v) is 20.0. The lowest BCUT2D eigenvalue weighted by Gasteiger charge is -2.13. The molecule has 0 unspecified atom stereocenters. The minimum absolute atomic E-state index is 0.0729. The predicted octanol–water partition coefficient (Wildman–Crippen LogP) is 5.33. The third kappa shape index (κ3) is 6.71. The van der Waals surface area contributed by atoms with Gasteiger partial charge in [0.05, 0.1) is 30.4 Å². The molecule has 0 aliphatic carbocycles. The van der Waals surface area contributed by atoms with E-state index < -0.39 is 15.9 Å². The van der Waals surface area contributed by atoms with Crippen molar-refractivity contribution in [3.8, 4) is 5.75 Å². The van der Waals surface area contributed by atoms with Gasteiger partial charge in [0, 0.05) is 16.3 Å². The van der Waals surface area contributed by atoms with Crippen LogP contribution in [0.25, 0.3) is 0 Å². The highest BCUT2D eigenvalue weighted by Gasteiger charge is 2.19. The number of sulfonamides is 1. The fraction of sp³-hybridized carbons (Fsp3) is 0.208. The summed E-state index contributed by atoms with van der Waals surface area (Å²) in [4.78, 5) is 12.7. The number of halogens is 1. The summed E-state index contributed by atoms with van der Waals surface area (Å²) >= 11 is 5.99. The Kier molecular flexibility index (Phi) is 7.97. The van der Waals surface area contributed by atoms with Crippen LogP contribution in [0.2, 0.25) is 5.02 Å². The Bertz CT molecular complexity index is 1250. The molecule has 3 rings (SSSR count). The number of carbonyl (C=O) groups is 1. The molecule has 2 N–H and O–H groups in total. The molecule has 7 nitrogen and oxygen atoms in total. The second-order valence-electron chi connectivity index (χ2n) is 7.49. The standard InChI is InChI=1S/C24H25ClN2O5S/c1-16(2)32-15-17-6-4-8-20(12-17)26-24(28)18-7-5-9-21(13-18)33(29,30)27-22-14-19(25)10-11-23(22)31-3/h4-14,16,27H,15H2,1-3H3,(H,26,28). The van der Waals surface area contributed by atoms with Gasteiger partial charge in [-0.15, -0.1) is 0 Å². The Morgan fingerprint density at radius 1 is 1.03 bits per heavy atom. The highest BCUT2D eigenvalue weighted by atomic mass is 35.5. The molecule has 0 bridgehead atoms. The Balaban J connectivity index is 1.78. The average molecular weight is 489 g/mol. The molecule has 0 aliphatic rings. The van der Waals surface area contributed by atoms with E-state index in [2.05, 4.69) is 10.0 Å². The molecule has 174 valence electrons. The minimum atomic E-state index is -4.00. The summed E-state index contributed by atoms with van der Waals surface area (Å²) in [5, 5.41) is 3.14. The molecule has 0 aliphatic heterocycles. The van der Waals surface area contributed by atoms with Crippen molar-refractivity contribution in [2.75, 3.05) is 17.1 Å². The van der Waals surface area contributed by atoms with Crippen LogP contribution in [0.5, 0.6) is 5.75 Å². The van der Waals surface area contributed by atoms with Gasteiger partial charge in [0.25, 0.3) is 15.9 Å². The molecular formula is C24H25ClN2O5S. The van der Waals surface area contributed by atoms with Crippen molar-refractivity contribution >= 4 is 38.9 Å². The van der Waals surface area contributed by atoms with Gasteiger partial charge in [-0.25, -0.2) is 8.42 Å². The van der Waals surface area contributed by atoms with Crippen LogP contribution in [0.15, 0.2) is 71.6 Å². The maximum absolute atomic E-state index is 12.9. The summed E-state index contributed by atoms with van der Waals surface area (Å²) < 4.78 is 39.1. The number of ether oxygens (including phenoxy) is 2. The fourth-order valence-electron chi connectivity index (χ4n) is 2.97. The number of nitrogens with one attached hydrogen (secondary N) is 2. The molecule has 33 heavy (non-hydrogen) atoms. The number of hydrogen-bond acceptors (Lipinski definition) is 5. The Morgan fingerprint density at radius 3 is 2.52 bits per heavy atom. The number of benzene rings is 3. The van der Waals surface area contributed by atoms with Crippen molar-refractivity contribution in [2.45, 2.75) is 31.5 Å². The van der Waals surface area contributed by atoms with Gasteiger partial charge < -0.3 is 14.8 Å². The lowest BCUT2D eigenvalue weighted by atomic mass is 10.2. The SMILES string of the molecule is COc1ccc(Cl)cc1NS(=O)(=O)c1cccc(C(=O)Nc2cccc(COC(C)C)c2)c1. The molecule has 0 aromatic heterocycles. The normalized spacial score (nSPS) is 11.3. The summed E-state index contributed by atoms with van der Waals surface area (Å²) in [5.41, 5.74) is 1.89. The Labute approximate surface area is 198 Å². The van der Waals surface area contributed by atoms with Gasteiger partial charge in [0.1, 0.15) is 5.75 Å². The van der Waals surface area contributed by atoms with E-state index in [9.17, 15) is 13.2 Å². The zero-order valence-electron chi connectivity index (χ0n) is 18.5. The van der Waals surface area contributed by atoms with Crippen molar-refractivity contribution in [2.24, 2.45) is 0 Å². The number of rotatable bonds is 9. The molecule has 0 heterocycles. The molecule has 3 aromatic rings. The van der Waals surface area contributed by atoms with Crippen LogP contribution >= 0.6 is 11.6 Å². The molecule has 0 radical (unpaired) electrons. The number of methoxy groups -OCH3 is 1. The van der Waals surface area contributed by atoms with E-state index in [4.69, 9.17) is 21.1 Å². The highest BCUT2D eigenvalue weighted by Crippen LogP contribution is 2.30. The van der Waals surface area contributed by atoms with Crippen molar-refractivity contribution in [3.05, 3.63) is 82.9 Å². The number of carbonyl (C=O) groups excluding carboxylic acids is 1. The smallest absolute Gasteiger partial charge is 0.262 e. The summed E-state index contributed by atoms with van der Waals surface area (Å²) in [6, 6.07) is 17.6. The predicted molar refractivity (Wildman–Crippen MR) is 130 cm³/mol. The van der Waals surface area contributed by atoms with Crippen molar-refractivity contribution in [1.82, 2.24) is 0 Å². The van der Waals surface area contributed by atoms with Gasteiger partial charge in [0.15, 0.2) is 0 Å². The first-order valence-electron chi connectivity index (χ1n) is 10.2. The molecule has 0 fully saturated rings. The third-order valence-electron chi connectivity index (χ3n) is 4.58. The van der Waals surface area contributed by atoms with Crippen molar-refractivity contribution in [1.29, 1.82) is 0 Å². The van der Waals surface area contributed by atoms with Crippen LogP contribution in [0.3, 0.4) is 0 Å². The lowest BCUT2D eigenvalue weighted by Crippen LogP contribution is -2.16. The van der Waals surface area contributed by atoms with Gasteiger partial charge in [-0.2, -0.15) is 0 Å². The first kappa shape index (κ1) is 24.6. The van der Waals surface area contributed by atoms with Crippen LogP contribution in [-0.2, 0) is 21.4 Å². The maximum Gasteiger partial charge on any atom is 0.262 e. The third-order valence-corrected chi connectivity index (χ3v) is 6.18. The van der Waals surface area contributed by atoms with E-state index in [1.54, 1.807) is 24.3 Å². The summed E-state index contributed by atoms with van der Waals surface area (Å²) in [5.74, 6) is -0.118. The van der Waals surface area contributed by atoms with Crippen LogP contribution in [0.4, 0.5) is 11.4 Å². The summed E-state index contributed by atoms with van der Waals surface area (Å²) in [6.45, 7) is 4.32. The molecule has 9 heteroatoms. The van der Waals surface area contributed by atoms with Gasteiger partial charge >= 0.3 is 0 Å². The first-order chi connectivity index (χ1) is 15.7. The van der Waals surface area contributed by atoms with Gasteiger partial charge in [-0.3, -0.25) is 9.52 Å². The zero-order chi connectivity index (χ0) is 24.0. The molecular weight excluding hydrogens is 464 g/mol. The van der Waals surface area contributed by atoms with E-state index in [1.807, 2.05) is 32.0 Å². The average Bonchev–Trinajstić information content (AvgIpc) is 2.78. The second kappa shape index (κ2) is 10.7. The number of amides is 1. The van der Waals surface area contributed by atoms with Crippen LogP contribution in [0.1, 0.15) is 29.8 Å². The second-order valence-corrected chi connectivity index (χ2v) is 9.61. The molecule has 1 amide bonds. The van der Waals surface area contributed by atoms with E-state index in [-0.39, 0.29) is 22.3 Å². The Hall–Kier alpha value is -3.07. The number of hydrogen-bond donors (Lipinski definition) is 2. The molecule has 0 spiro atoms. The fourth-order valence-corrected chi connectivity index (χ4v) is 4.25.